The van der Waals surface area contributed by atoms with Crippen LogP contribution in [0, 0.1) is 0 Å². The van der Waals surface area contributed by atoms with Crippen molar-refractivity contribution in [1.29, 1.82) is 0 Å². The third-order valence-corrected chi connectivity index (χ3v) is 3.67. The van der Waals surface area contributed by atoms with E-state index in [1.165, 1.54) is 13.2 Å². The van der Waals surface area contributed by atoms with Crippen LogP contribution in [-0.4, -0.2) is 25.9 Å². The topological polar surface area (TPSA) is 77.8 Å². The maximum atomic E-state index is 12.0. The average molecular weight is 382 g/mol. The van der Waals surface area contributed by atoms with Crippen molar-refractivity contribution in [2.45, 2.75) is 13.0 Å². The van der Waals surface area contributed by atoms with Crippen LogP contribution in [0.1, 0.15) is 29.1 Å². The summed E-state index contributed by atoms with van der Waals surface area (Å²) in [7, 11) is 1.46. The van der Waals surface area contributed by atoms with Gasteiger partial charge in [-0.1, -0.05) is 0 Å². The van der Waals surface area contributed by atoms with Gasteiger partial charge in [0.05, 0.1) is 23.9 Å². The predicted octanol–water partition coefficient (Wildman–Crippen LogP) is 3.12. The zero-order valence-electron chi connectivity index (χ0n) is 12.7. The van der Waals surface area contributed by atoms with E-state index in [9.17, 15) is 9.59 Å². The standard InChI is InChI=1S/C16H16BrNO5/c1-10(13-4-3-5-22-13)18-15(20)9-23-16-12(17)6-11(8-19)7-14(16)21-2/h3-8,10H,9H2,1-2H3,(H,18,20)/t10-/m0/s1. The quantitative estimate of drug-likeness (QED) is 0.745. The van der Waals surface area contributed by atoms with Crippen LogP contribution in [0.25, 0.3) is 0 Å². The summed E-state index contributed by atoms with van der Waals surface area (Å²) in [6.07, 6.45) is 2.25. The lowest BCUT2D eigenvalue weighted by Crippen LogP contribution is -2.31. The first-order valence-electron chi connectivity index (χ1n) is 6.83. The zero-order valence-corrected chi connectivity index (χ0v) is 14.3. The maximum Gasteiger partial charge on any atom is 0.258 e. The Labute approximate surface area is 141 Å². The molecule has 7 heteroatoms. The van der Waals surface area contributed by atoms with E-state index in [1.807, 2.05) is 6.92 Å². The number of carbonyl (C=O) groups excluding carboxylic acids is 2. The molecule has 2 rings (SSSR count). The van der Waals surface area contributed by atoms with Gasteiger partial charge >= 0.3 is 0 Å². The number of carbonyl (C=O) groups is 2. The molecular weight excluding hydrogens is 366 g/mol. The van der Waals surface area contributed by atoms with Crippen LogP contribution >= 0.6 is 15.9 Å². The van der Waals surface area contributed by atoms with E-state index in [2.05, 4.69) is 21.2 Å². The molecule has 1 aromatic carbocycles. The molecule has 0 saturated carbocycles. The van der Waals surface area contributed by atoms with Crippen LogP contribution < -0.4 is 14.8 Å². The number of hydrogen-bond donors (Lipinski definition) is 1. The fourth-order valence-electron chi connectivity index (χ4n) is 1.98. The monoisotopic (exact) mass is 381 g/mol. The fraction of sp³-hybridized carbons (Fsp3) is 0.250. The highest BCUT2D eigenvalue weighted by Crippen LogP contribution is 2.36. The van der Waals surface area contributed by atoms with E-state index in [0.717, 1.165) is 0 Å². The van der Waals surface area contributed by atoms with Crippen LogP contribution in [-0.2, 0) is 4.79 Å². The minimum Gasteiger partial charge on any atom is -0.493 e. The lowest BCUT2D eigenvalue weighted by Gasteiger charge is -2.15. The van der Waals surface area contributed by atoms with Gasteiger partial charge in [-0.15, -0.1) is 0 Å². The molecule has 0 aliphatic carbocycles. The molecule has 1 atom stereocenters. The van der Waals surface area contributed by atoms with Crippen molar-refractivity contribution in [3.8, 4) is 11.5 Å². The summed E-state index contributed by atoms with van der Waals surface area (Å²) in [4.78, 5) is 22.8. The first-order valence-corrected chi connectivity index (χ1v) is 7.62. The number of amides is 1. The van der Waals surface area contributed by atoms with Crippen LogP contribution in [0.2, 0.25) is 0 Å². The van der Waals surface area contributed by atoms with Gasteiger partial charge < -0.3 is 19.2 Å². The summed E-state index contributed by atoms with van der Waals surface area (Å²) in [5, 5.41) is 2.76. The number of ether oxygens (including phenoxy) is 2. The molecular formula is C16H16BrNO5. The Kier molecular flexibility index (Phi) is 5.81. The van der Waals surface area contributed by atoms with E-state index < -0.39 is 0 Å². The van der Waals surface area contributed by atoms with Gasteiger partial charge in [0.25, 0.3) is 5.91 Å². The molecule has 0 spiro atoms. The SMILES string of the molecule is COc1cc(C=O)cc(Br)c1OCC(=O)N[C@@H](C)c1ccco1. The smallest absolute Gasteiger partial charge is 0.258 e. The van der Waals surface area contributed by atoms with Crippen LogP contribution in [0.3, 0.4) is 0 Å². The second kappa shape index (κ2) is 7.82. The van der Waals surface area contributed by atoms with Crippen molar-refractivity contribution in [1.82, 2.24) is 5.32 Å². The predicted molar refractivity (Wildman–Crippen MR) is 86.8 cm³/mol. The molecule has 0 radical (unpaired) electrons. The van der Waals surface area contributed by atoms with E-state index in [4.69, 9.17) is 13.9 Å². The minimum absolute atomic E-state index is 0.194. The van der Waals surface area contributed by atoms with Crippen molar-refractivity contribution in [3.63, 3.8) is 0 Å². The normalized spacial score (nSPS) is 11.6. The van der Waals surface area contributed by atoms with E-state index >= 15 is 0 Å². The summed E-state index contributed by atoms with van der Waals surface area (Å²) in [5.74, 6) is 1.09. The van der Waals surface area contributed by atoms with Crippen molar-refractivity contribution < 1.29 is 23.5 Å². The van der Waals surface area contributed by atoms with Crippen LogP contribution in [0.15, 0.2) is 39.4 Å². The molecule has 6 nitrogen and oxygen atoms in total. The molecule has 1 heterocycles. The highest BCUT2D eigenvalue weighted by molar-refractivity contribution is 9.10. The molecule has 23 heavy (non-hydrogen) atoms. The summed E-state index contributed by atoms with van der Waals surface area (Å²) >= 11 is 3.30. The number of methoxy groups -OCH3 is 1. The number of rotatable bonds is 7. The Morgan fingerprint density at radius 1 is 1.48 bits per heavy atom. The van der Waals surface area contributed by atoms with Crippen molar-refractivity contribution in [2.75, 3.05) is 13.7 Å². The summed E-state index contributed by atoms with van der Waals surface area (Å²) < 4.78 is 16.4. The Hall–Kier alpha value is -2.28. The first-order chi connectivity index (χ1) is 11.0. The summed E-state index contributed by atoms with van der Waals surface area (Å²) in [6.45, 7) is 1.62. The van der Waals surface area contributed by atoms with Gasteiger partial charge in [-0.2, -0.15) is 0 Å². The largest absolute Gasteiger partial charge is 0.493 e. The molecule has 0 unspecified atom stereocenters. The fourth-order valence-corrected chi connectivity index (χ4v) is 2.55. The molecule has 1 N–H and O–H groups in total. The molecule has 0 aliphatic rings. The van der Waals surface area contributed by atoms with Gasteiger partial charge in [-0.05, 0) is 47.1 Å². The molecule has 2 aromatic rings. The molecule has 1 aromatic heterocycles. The number of benzene rings is 1. The van der Waals surface area contributed by atoms with Gasteiger partial charge in [0.1, 0.15) is 12.0 Å². The third-order valence-electron chi connectivity index (χ3n) is 3.08. The van der Waals surface area contributed by atoms with Crippen molar-refractivity contribution >= 4 is 28.1 Å². The summed E-state index contributed by atoms with van der Waals surface area (Å²) in [5.41, 5.74) is 0.442. The van der Waals surface area contributed by atoms with Gasteiger partial charge in [0.2, 0.25) is 0 Å². The van der Waals surface area contributed by atoms with Crippen LogP contribution in [0.5, 0.6) is 11.5 Å². The summed E-state index contributed by atoms with van der Waals surface area (Å²) in [6, 6.07) is 6.41. The van der Waals surface area contributed by atoms with Crippen LogP contribution in [0.4, 0.5) is 0 Å². The maximum absolute atomic E-state index is 12.0. The van der Waals surface area contributed by atoms with Gasteiger partial charge in [-0.25, -0.2) is 0 Å². The molecule has 0 aliphatic heterocycles. The molecule has 0 bridgehead atoms. The molecule has 122 valence electrons. The van der Waals surface area contributed by atoms with Crippen molar-refractivity contribution in [3.05, 3.63) is 46.3 Å². The number of nitrogens with one attached hydrogen (secondary N) is 1. The average Bonchev–Trinajstić information content (AvgIpc) is 3.07. The Morgan fingerprint density at radius 3 is 2.87 bits per heavy atom. The Bertz CT molecular complexity index is 684. The highest BCUT2D eigenvalue weighted by Gasteiger charge is 2.15. The van der Waals surface area contributed by atoms with E-state index in [0.29, 0.717) is 33.6 Å². The lowest BCUT2D eigenvalue weighted by atomic mass is 10.2. The van der Waals surface area contributed by atoms with E-state index in [-0.39, 0.29) is 18.6 Å². The molecule has 0 saturated heterocycles. The van der Waals surface area contributed by atoms with Gasteiger partial charge in [-0.3, -0.25) is 9.59 Å². The first kappa shape index (κ1) is 17.1. The van der Waals surface area contributed by atoms with Gasteiger partial charge in [0, 0.05) is 5.56 Å². The van der Waals surface area contributed by atoms with Gasteiger partial charge in [0.15, 0.2) is 18.1 Å². The highest BCUT2D eigenvalue weighted by atomic mass is 79.9. The molecule has 0 fully saturated rings. The Morgan fingerprint density at radius 2 is 2.26 bits per heavy atom. The lowest BCUT2D eigenvalue weighted by molar-refractivity contribution is -0.123. The van der Waals surface area contributed by atoms with E-state index in [1.54, 1.807) is 24.5 Å². The number of furan rings is 1. The Balaban J connectivity index is 2.00. The minimum atomic E-state index is -0.303. The second-order valence-electron chi connectivity index (χ2n) is 4.75. The molecule has 1 amide bonds. The number of hydrogen-bond acceptors (Lipinski definition) is 5. The number of aldehydes is 1. The van der Waals surface area contributed by atoms with Crippen molar-refractivity contribution in [2.24, 2.45) is 0 Å². The second-order valence-corrected chi connectivity index (χ2v) is 5.60. The zero-order chi connectivity index (χ0) is 16.8. The third kappa shape index (κ3) is 4.35. The number of halogens is 1.